The van der Waals surface area contributed by atoms with E-state index in [1.54, 1.807) is 11.1 Å². The molecule has 4 fully saturated rings. The molecule has 0 atom stereocenters. The zero-order valence-corrected chi connectivity index (χ0v) is 28.3. The second-order valence-electron chi connectivity index (χ2n) is 15.6. The van der Waals surface area contributed by atoms with E-state index < -0.39 is 0 Å². The number of hydrogen-bond acceptors (Lipinski definition) is 1. The maximum Gasteiger partial charge on any atom is 0.0362 e. The fourth-order valence-electron chi connectivity index (χ4n) is 12.0. The second-order valence-corrected chi connectivity index (χ2v) is 16.7. The molecule has 0 aliphatic heterocycles. The van der Waals surface area contributed by atoms with Crippen LogP contribution in [0.15, 0.2) is 133 Å². The third-order valence-corrected chi connectivity index (χ3v) is 14.6. The first-order valence-corrected chi connectivity index (χ1v) is 19.2. The number of rotatable bonds is 2. The number of thiophene rings is 1. The summed E-state index contributed by atoms with van der Waals surface area (Å²) in [6.45, 7) is 0. The van der Waals surface area contributed by atoms with Gasteiger partial charge in [0.25, 0.3) is 0 Å². The maximum atomic E-state index is 2.55. The van der Waals surface area contributed by atoms with Crippen LogP contribution >= 0.6 is 11.3 Å². The first kappa shape index (κ1) is 27.1. The monoisotopic (exact) mass is 644 g/mol. The van der Waals surface area contributed by atoms with Gasteiger partial charge in [-0.2, -0.15) is 0 Å². The lowest BCUT2D eigenvalue weighted by Crippen LogP contribution is -2.55. The topological polar surface area (TPSA) is 0 Å². The highest BCUT2D eigenvalue weighted by Crippen LogP contribution is 2.70. The van der Waals surface area contributed by atoms with Gasteiger partial charge in [-0.1, -0.05) is 115 Å². The average Bonchev–Trinajstić information content (AvgIpc) is 3.67. The van der Waals surface area contributed by atoms with Crippen LogP contribution < -0.4 is 0 Å². The van der Waals surface area contributed by atoms with Crippen molar-refractivity contribution in [3.05, 3.63) is 145 Å². The Labute approximate surface area is 291 Å². The van der Waals surface area contributed by atoms with Crippen molar-refractivity contribution in [2.45, 2.75) is 37.5 Å². The van der Waals surface area contributed by atoms with Gasteiger partial charge in [0.2, 0.25) is 0 Å². The minimum atomic E-state index is 0.149. The van der Waals surface area contributed by atoms with Crippen molar-refractivity contribution in [2.75, 3.05) is 0 Å². The molecule has 1 heteroatoms. The normalized spacial score (nSPS) is 24.8. The highest BCUT2D eigenvalue weighted by Gasteiger charge is 2.61. The number of benzene rings is 7. The van der Waals surface area contributed by atoms with Crippen LogP contribution in [-0.4, -0.2) is 0 Å². The van der Waals surface area contributed by atoms with Gasteiger partial charge in [0, 0.05) is 25.6 Å². The summed E-state index contributed by atoms with van der Waals surface area (Å²) in [6, 6.07) is 51.5. The molecule has 8 aromatic rings. The Morgan fingerprint density at radius 1 is 0.429 bits per heavy atom. The van der Waals surface area contributed by atoms with Crippen LogP contribution in [0.3, 0.4) is 0 Å². The van der Waals surface area contributed by atoms with Gasteiger partial charge in [-0.25, -0.2) is 0 Å². The molecular weight excluding hydrogens is 609 g/mol. The van der Waals surface area contributed by atoms with Gasteiger partial charge in [0.1, 0.15) is 0 Å². The highest BCUT2D eigenvalue weighted by molar-refractivity contribution is 7.26. The van der Waals surface area contributed by atoms with Gasteiger partial charge in [0.15, 0.2) is 0 Å². The predicted octanol–water partition coefficient (Wildman–Crippen LogP) is 13.4. The third kappa shape index (κ3) is 3.45. The van der Waals surface area contributed by atoms with Crippen LogP contribution in [-0.2, 0) is 5.41 Å². The molecule has 0 nitrogen and oxygen atoms in total. The van der Waals surface area contributed by atoms with E-state index in [0.29, 0.717) is 0 Å². The standard InChI is InChI=1S/C48H36S/c1-2-11-33-30(10-1)27-40(35-13-4-3-12-34(33)35)36-20-21-44-47(38-15-6-8-19-43(38)49-44)46(36)39-16-9-18-42-45(39)37-14-5-7-17-41(37)48(42)31-23-28-22-29(25-31)26-32(48)24-28/h1-21,27-29,31-32H,22-26H2. The maximum absolute atomic E-state index is 2.55. The van der Waals surface area contributed by atoms with Gasteiger partial charge >= 0.3 is 0 Å². The molecule has 1 aromatic heterocycles. The molecule has 7 aromatic carbocycles. The highest BCUT2D eigenvalue weighted by atomic mass is 32.1. The fourth-order valence-corrected chi connectivity index (χ4v) is 13.1. The van der Waals surface area contributed by atoms with Crippen LogP contribution in [0.4, 0.5) is 0 Å². The van der Waals surface area contributed by atoms with Crippen molar-refractivity contribution in [3.63, 3.8) is 0 Å². The van der Waals surface area contributed by atoms with Crippen LogP contribution in [0.25, 0.3) is 75.1 Å². The summed E-state index contributed by atoms with van der Waals surface area (Å²) in [5.74, 6) is 3.38. The molecule has 0 radical (unpaired) electrons. The van der Waals surface area contributed by atoms with Crippen LogP contribution in [0.2, 0.25) is 0 Å². The Hall–Kier alpha value is -4.72. The molecule has 4 saturated carbocycles. The lowest BCUT2D eigenvalue weighted by atomic mass is 9.43. The molecular formula is C48H36S. The van der Waals surface area contributed by atoms with Crippen molar-refractivity contribution in [1.29, 1.82) is 0 Å². The zero-order chi connectivity index (χ0) is 31.8. The Morgan fingerprint density at radius 2 is 1.08 bits per heavy atom. The lowest BCUT2D eigenvalue weighted by molar-refractivity contribution is -0.0399. The van der Waals surface area contributed by atoms with Crippen LogP contribution in [0.5, 0.6) is 0 Å². The van der Waals surface area contributed by atoms with Gasteiger partial charge in [-0.3, -0.25) is 0 Å². The first-order chi connectivity index (χ1) is 24.3. The number of fused-ring (bicyclic) bond motifs is 9. The minimum Gasteiger partial charge on any atom is -0.135 e. The summed E-state index contributed by atoms with van der Waals surface area (Å²) >= 11 is 1.94. The van der Waals surface area contributed by atoms with Crippen molar-refractivity contribution in [1.82, 2.24) is 0 Å². The predicted molar refractivity (Wildman–Crippen MR) is 208 cm³/mol. The Bertz CT molecular complexity index is 2660. The molecule has 0 unspecified atom stereocenters. The zero-order valence-electron chi connectivity index (χ0n) is 27.5. The fraction of sp³-hybridized carbons (Fsp3) is 0.208. The van der Waals surface area contributed by atoms with Crippen molar-refractivity contribution in [2.24, 2.45) is 23.7 Å². The Morgan fingerprint density at radius 3 is 1.92 bits per heavy atom. The SMILES string of the molecule is c1ccc2c(c1)-c1c(-c3c(-c4cc5ccccc5c5ccccc45)ccc4sc5ccccc5c34)cccc1C21C2CC3CC(C2)CC1C3. The molecule has 0 N–H and O–H groups in total. The summed E-state index contributed by atoms with van der Waals surface area (Å²) in [5, 5.41) is 8.06. The summed E-state index contributed by atoms with van der Waals surface area (Å²) in [7, 11) is 0. The molecule has 49 heavy (non-hydrogen) atoms. The van der Waals surface area contributed by atoms with Crippen molar-refractivity contribution in [3.8, 4) is 33.4 Å². The van der Waals surface area contributed by atoms with Crippen molar-refractivity contribution < 1.29 is 0 Å². The minimum absolute atomic E-state index is 0.149. The smallest absolute Gasteiger partial charge is 0.0362 e. The summed E-state index contributed by atoms with van der Waals surface area (Å²) in [5.41, 5.74) is 11.9. The molecule has 234 valence electrons. The van der Waals surface area contributed by atoms with E-state index in [2.05, 4.69) is 133 Å². The van der Waals surface area contributed by atoms with Gasteiger partial charge in [-0.05, 0) is 140 Å². The summed E-state index contributed by atoms with van der Waals surface area (Å²) < 4.78 is 2.74. The molecule has 1 spiro atoms. The molecule has 0 amide bonds. The largest absolute Gasteiger partial charge is 0.135 e. The molecule has 5 aliphatic rings. The molecule has 1 heterocycles. The summed E-state index contributed by atoms with van der Waals surface area (Å²) in [4.78, 5) is 0. The van der Waals surface area contributed by atoms with E-state index in [9.17, 15) is 0 Å². The first-order valence-electron chi connectivity index (χ1n) is 18.4. The molecule has 0 saturated heterocycles. The number of hydrogen-bond donors (Lipinski definition) is 0. The second kappa shape index (κ2) is 9.71. The van der Waals surface area contributed by atoms with E-state index in [0.717, 1.165) is 23.7 Å². The van der Waals surface area contributed by atoms with E-state index in [1.807, 2.05) is 11.3 Å². The van der Waals surface area contributed by atoms with Crippen LogP contribution in [0.1, 0.15) is 43.2 Å². The van der Waals surface area contributed by atoms with Gasteiger partial charge < -0.3 is 0 Å². The average molecular weight is 645 g/mol. The third-order valence-electron chi connectivity index (χ3n) is 13.4. The quantitative estimate of drug-likeness (QED) is 0.164. The molecule has 4 bridgehead atoms. The van der Waals surface area contributed by atoms with Gasteiger partial charge in [0.05, 0.1) is 0 Å². The van der Waals surface area contributed by atoms with E-state index >= 15 is 0 Å². The Balaban J connectivity index is 1.23. The summed E-state index contributed by atoms with van der Waals surface area (Å²) in [6.07, 6.45) is 7.11. The lowest BCUT2D eigenvalue weighted by Gasteiger charge is -2.61. The molecule has 13 rings (SSSR count). The van der Waals surface area contributed by atoms with Gasteiger partial charge in [-0.15, -0.1) is 11.3 Å². The molecule has 5 aliphatic carbocycles. The van der Waals surface area contributed by atoms with E-state index in [4.69, 9.17) is 0 Å². The van der Waals surface area contributed by atoms with Crippen LogP contribution in [0, 0.1) is 23.7 Å². The Kier molecular flexibility index (Phi) is 5.38. The van der Waals surface area contributed by atoms with E-state index in [1.165, 1.54) is 107 Å². The van der Waals surface area contributed by atoms with Crippen molar-refractivity contribution >= 4 is 53.1 Å². The van der Waals surface area contributed by atoms with E-state index in [-0.39, 0.29) is 5.41 Å².